The summed E-state index contributed by atoms with van der Waals surface area (Å²) in [6, 6.07) is 8.23. The van der Waals surface area contributed by atoms with Gasteiger partial charge in [-0.3, -0.25) is 4.79 Å². The van der Waals surface area contributed by atoms with Crippen molar-refractivity contribution in [2.24, 2.45) is 11.8 Å². The van der Waals surface area contributed by atoms with Crippen molar-refractivity contribution in [2.75, 3.05) is 12.4 Å². The first kappa shape index (κ1) is 15.9. The number of halogens is 1. The topological polar surface area (TPSA) is 57.5 Å². The fourth-order valence-electron chi connectivity index (χ4n) is 2.77. The molecule has 3 atom stereocenters. The number of carboxylic acids is 1. The number of aliphatic hydroxyl groups is 1. The maximum absolute atomic E-state index is 11.3. The summed E-state index contributed by atoms with van der Waals surface area (Å²) in [7, 11) is 0. The van der Waals surface area contributed by atoms with E-state index in [0.717, 1.165) is 29.5 Å². The monoisotopic (exact) mass is 358 g/mol. The van der Waals surface area contributed by atoms with E-state index >= 15 is 0 Å². The van der Waals surface area contributed by atoms with Crippen molar-refractivity contribution < 1.29 is 15.0 Å². The van der Waals surface area contributed by atoms with Gasteiger partial charge < -0.3 is 10.2 Å². The van der Waals surface area contributed by atoms with Gasteiger partial charge in [0.05, 0.1) is 5.92 Å². The van der Waals surface area contributed by atoms with Gasteiger partial charge in [-0.25, -0.2) is 0 Å². The Labute approximate surface area is 131 Å². The van der Waals surface area contributed by atoms with Crippen LogP contribution < -0.4 is 0 Å². The summed E-state index contributed by atoms with van der Waals surface area (Å²) in [4.78, 5) is 11.3. The first-order valence-corrected chi connectivity index (χ1v) is 8.65. The zero-order chi connectivity index (χ0) is 14.5. The number of hydrogen-bond acceptors (Lipinski definition) is 3. The van der Waals surface area contributed by atoms with Gasteiger partial charge in [0, 0.05) is 16.3 Å². The molecule has 0 bridgehead atoms. The maximum Gasteiger partial charge on any atom is 0.307 e. The van der Waals surface area contributed by atoms with Crippen LogP contribution >= 0.6 is 27.7 Å². The van der Waals surface area contributed by atoms with Crippen LogP contribution in [0.1, 0.15) is 18.4 Å². The Bertz CT molecular complexity index is 449. The molecule has 2 rings (SSSR count). The van der Waals surface area contributed by atoms with Gasteiger partial charge in [-0.15, -0.1) is 0 Å². The van der Waals surface area contributed by atoms with E-state index in [9.17, 15) is 15.0 Å². The molecule has 0 spiro atoms. The zero-order valence-electron chi connectivity index (χ0n) is 11.2. The SMILES string of the molecule is O=C(O)C1C(CO)CCC1SCCc1ccc(Br)cc1. The van der Waals surface area contributed by atoms with E-state index in [0.29, 0.717) is 0 Å². The lowest BCUT2D eigenvalue weighted by Crippen LogP contribution is -2.28. The number of aliphatic carboxylic acids is 1. The molecule has 0 aliphatic heterocycles. The van der Waals surface area contributed by atoms with Gasteiger partial charge in [0.1, 0.15) is 0 Å². The van der Waals surface area contributed by atoms with Crippen LogP contribution in [0.4, 0.5) is 0 Å². The van der Waals surface area contributed by atoms with Gasteiger partial charge in [-0.1, -0.05) is 28.1 Å². The predicted octanol–water partition coefficient (Wildman–Crippen LogP) is 3.20. The molecule has 0 heterocycles. The number of carboxylic acid groups (broad SMARTS) is 1. The van der Waals surface area contributed by atoms with E-state index in [4.69, 9.17) is 0 Å². The molecule has 20 heavy (non-hydrogen) atoms. The zero-order valence-corrected chi connectivity index (χ0v) is 13.6. The van der Waals surface area contributed by atoms with Crippen LogP contribution in [-0.2, 0) is 11.2 Å². The van der Waals surface area contributed by atoms with E-state index < -0.39 is 11.9 Å². The van der Waals surface area contributed by atoms with E-state index in [2.05, 4.69) is 28.1 Å². The van der Waals surface area contributed by atoms with E-state index in [1.165, 1.54) is 5.56 Å². The lowest BCUT2D eigenvalue weighted by molar-refractivity contribution is -0.143. The lowest BCUT2D eigenvalue weighted by atomic mass is 9.97. The van der Waals surface area contributed by atoms with Gasteiger partial charge >= 0.3 is 5.97 Å². The minimum atomic E-state index is -0.761. The Hall–Kier alpha value is -0.520. The molecule has 1 fully saturated rings. The van der Waals surface area contributed by atoms with Crippen LogP contribution in [0.5, 0.6) is 0 Å². The highest BCUT2D eigenvalue weighted by Crippen LogP contribution is 2.39. The van der Waals surface area contributed by atoms with Crippen molar-refractivity contribution in [3.8, 4) is 0 Å². The molecular formula is C15H19BrO3S. The fraction of sp³-hybridized carbons (Fsp3) is 0.533. The van der Waals surface area contributed by atoms with Crippen LogP contribution in [-0.4, -0.2) is 33.8 Å². The summed E-state index contributed by atoms with van der Waals surface area (Å²) < 4.78 is 1.07. The normalized spacial score (nSPS) is 25.8. The molecule has 2 N–H and O–H groups in total. The van der Waals surface area contributed by atoms with Crippen LogP contribution in [0, 0.1) is 11.8 Å². The van der Waals surface area contributed by atoms with Crippen LogP contribution in [0.2, 0.25) is 0 Å². The van der Waals surface area contributed by atoms with Crippen molar-refractivity contribution >= 4 is 33.7 Å². The first-order chi connectivity index (χ1) is 9.61. The van der Waals surface area contributed by atoms with Crippen molar-refractivity contribution in [1.82, 2.24) is 0 Å². The summed E-state index contributed by atoms with van der Waals surface area (Å²) in [6.45, 7) is -0.0132. The quantitative estimate of drug-likeness (QED) is 0.819. The molecule has 0 amide bonds. The molecule has 1 aromatic carbocycles. The van der Waals surface area contributed by atoms with Crippen LogP contribution in [0.25, 0.3) is 0 Å². The number of carbonyl (C=O) groups is 1. The number of aliphatic hydroxyl groups excluding tert-OH is 1. The van der Waals surface area contributed by atoms with Crippen molar-refractivity contribution in [3.63, 3.8) is 0 Å². The standard InChI is InChI=1S/C15H19BrO3S/c16-12-4-1-10(2-5-12)7-8-20-13-6-3-11(9-17)14(13)15(18)19/h1-2,4-5,11,13-14,17H,3,6-9H2,(H,18,19). The molecule has 110 valence electrons. The van der Waals surface area contributed by atoms with E-state index in [1.54, 1.807) is 11.8 Å². The summed E-state index contributed by atoms with van der Waals surface area (Å²) in [5, 5.41) is 18.7. The Morgan fingerprint density at radius 3 is 2.60 bits per heavy atom. The third-order valence-electron chi connectivity index (χ3n) is 3.89. The third-order valence-corrected chi connectivity index (χ3v) is 5.81. The lowest BCUT2D eigenvalue weighted by Gasteiger charge is -2.19. The molecule has 1 aromatic rings. The van der Waals surface area contributed by atoms with Crippen LogP contribution in [0.3, 0.4) is 0 Å². The Kier molecular flexibility index (Phi) is 5.93. The van der Waals surface area contributed by atoms with E-state index in [1.807, 2.05) is 12.1 Å². The molecule has 1 aliphatic carbocycles. The Morgan fingerprint density at radius 1 is 1.30 bits per heavy atom. The number of thioether (sulfide) groups is 1. The minimum Gasteiger partial charge on any atom is -0.481 e. The number of benzene rings is 1. The van der Waals surface area contributed by atoms with Gasteiger partial charge in [-0.05, 0) is 48.6 Å². The van der Waals surface area contributed by atoms with Gasteiger partial charge in [0.15, 0.2) is 0 Å². The fourth-order valence-corrected chi connectivity index (χ4v) is 4.54. The molecule has 0 aromatic heterocycles. The highest BCUT2D eigenvalue weighted by atomic mass is 79.9. The molecule has 0 saturated heterocycles. The van der Waals surface area contributed by atoms with Crippen molar-refractivity contribution in [2.45, 2.75) is 24.5 Å². The Balaban J connectivity index is 1.84. The molecule has 0 radical (unpaired) electrons. The van der Waals surface area contributed by atoms with Crippen molar-refractivity contribution in [1.29, 1.82) is 0 Å². The number of hydrogen-bond donors (Lipinski definition) is 2. The molecule has 3 nitrogen and oxygen atoms in total. The summed E-state index contributed by atoms with van der Waals surface area (Å²) in [6.07, 6.45) is 2.67. The molecule has 5 heteroatoms. The average molecular weight is 359 g/mol. The smallest absolute Gasteiger partial charge is 0.307 e. The largest absolute Gasteiger partial charge is 0.481 e. The molecule has 1 saturated carbocycles. The van der Waals surface area contributed by atoms with Gasteiger partial charge in [-0.2, -0.15) is 11.8 Å². The highest BCUT2D eigenvalue weighted by Gasteiger charge is 2.40. The van der Waals surface area contributed by atoms with Crippen molar-refractivity contribution in [3.05, 3.63) is 34.3 Å². The van der Waals surface area contributed by atoms with Gasteiger partial charge in [0.25, 0.3) is 0 Å². The summed E-state index contributed by atoms with van der Waals surface area (Å²) in [5.41, 5.74) is 1.27. The van der Waals surface area contributed by atoms with Gasteiger partial charge in [0.2, 0.25) is 0 Å². The number of rotatable bonds is 6. The second kappa shape index (κ2) is 7.48. The third kappa shape index (κ3) is 3.99. The highest BCUT2D eigenvalue weighted by molar-refractivity contribution is 9.10. The summed E-state index contributed by atoms with van der Waals surface area (Å²) in [5.74, 6) is -0.302. The maximum atomic E-state index is 11.3. The predicted molar refractivity (Wildman–Crippen MR) is 85.0 cm³/mol. The number of aryl methyl sites for hydroxylation is 1. The second-order valence-electron chi connectivity index (χ2n) is 5.17. The first-order valence-electron chi connectivity index (χ1n) is 6.81. The second-order valence-corrected chi connectivity index (χ2v) is 7.43. The average Bonchev–Trinajstić information content (AvgIpc) is 2.84. The summed E-state index contributed by atoms with van der Waals surface area (Å²) >= 11 is 5.15. The molecular weight excluding hydrogens is 340 g/mol. The van der Waals surface area contributed by atoms with E-state index in [-0.39, 0.29) is 17.8 Å². The van der Waals surface area contributed by atoms with Crippen LogP contribution in [0.15, 0.2) is 28.7 Å². The molecule has 1 aliphatic rings. The minimum absolute atomic E-state index is 0.0132. The molecule has 3 unspecified atom stereocenters. The Morgan fingerprint density at radius 2 is 2.00 bits per heavy atom.